The van der Waals surface area contributed by atoms with Crippen molar-refractivity contribution in [2.45, 2.75) is 37.6 Å². The van der Waals surface area contributed by atoms with E-state index in [0.717, 1.165) is 43.1 Å². The second-order valence-electron chi connectivity index (χ2n) is 13.0. The molecule has 5 amide bonds. The third-order valence-electron chi connectivity index (χ3n) is 9.77. The van der Waals surface area contributed by atoms with E-state index in [2.05, 4.69) is 20.9 Å². The van der Waals surface area contributed by atoms with Gasteiger partial charge < -0.3 is 20.6 Å². The van der Waals surface area contributed by atoms with Crippen LogP contribution in [0.4, 0.5) is 20.6 Å². The van der Waals surface area contributed by atoms with E-state index in [4.69, 9.17) is 0 Å². The van der Waals surface area contributed by atoms with Crippen LogP contribution in [0, 0.1) is 5.82 Å². The molecule has 0 bridgehead atoms. The van der Waals surface area contributed by atoms with Gasteiger partial charge in [-0.1, -0.05) is 6.07 Å². The van der Waals surface area contributed by atoms with E-state index < -0.39 is 57.9 Å². The van der Waals surface area contributed by atoms with Crippen molar-refractivity contribution in [3.63, 3.8) is 0 Å². The first-order chi connectivity index (χ1) is 24.3. The van der Waals surface area contributed by atoms with Crippen molar-refractivity contribution in [2.24, 2.45) is 7.05 Å². The summed E-state index contributed by atoms with van der Waals surface area (Å²) in [6, 6.07) is 10.0. The number of rotatable bonds is 7. The summed E-state index contributed by atoms with van der Waals surface area (Å²) in [5.74, 6) is -3.10. The molecule has 16 nitrogen and oxygen atoms in total. The molecule has 1 aromatic heterocycles. The number of aromatic nitrogens is 2. The normalized spacial score (nSPS) is 19.8. The van der Waals surface area contributed by atoms with Gasteiger partial charge in [0.05, 0.1) is 11.0 Å². The number of carbonyl (C=O) groups is 4. The van der Waals surface area contributed by atoms with Crippen LogP contribution in [0.2, 0.25) is 0 Å². The Morgan fingerprint density at radius 2 is 1.76 bits per heavy atom. The Labute approximate surface area is 290 Å². The molecule has 0 radical (unpaired) electrons. The number of imidazole rings is 1. The number of phenolic OH excluding ortho intramolecular Hbond substituents is 1. The van der Waals surface area contributed by atoms with E-state index in [9.17, 15) is 37.5 Å². The van der Waals surface area contributed by atoms with Crippen molar-refractivity contribution in [1.29, 1.82) is 0 Å². The Balaban J connectivity index is 0.924. The van der Waals surface area contributed by atoms with Crippen LogP contribution in [0.15, 0.2) is 47.3 Å². The Morgan fingerprint density at radius 3 is 2.47 bits per heavy atom. The highest BCUT2D eigenvalue weighted by molar-refractivity contribution is 7.92. The van der Waals surface area contributed by atoms with Crippen LogP contribution < -0.4 is 30.7 Å². The summed E-state index contributed by atoms with van der Waals surface area (Å²) in [4.78, 5) is 63.7. The average molecular weight is 723 g/mol. The summed E-state index contributed by atoms with van der Waals surface area (Å²) < 4.78 is 45.0. The molecule has 1 atom stereocenters. The zero-order valence-electron chi connectivity index (χ0n) is 27.4. The molecule has 268 valence electrons. The summed E-state index contributed by atoms with van der Waals surface area (Å²) >= 11 is 0. The summed E-state index contributed by atoms with van der Waals surface area (Å²) in [6.07, 6.45) is 2.20. The van der Waals surface area contributed by atoms with Gasteiger partial charge in [0.2, 0.25) is 11.8 Å². The molecule has 3 aromatic carbocycles. The lowest BCUT2D eigenvalue weighted by atomic mass is 9.89. The predicted octanol–water partition coefficient (Wildman–Crippen LogP) is 1.50. The first-order valence-corrected chi connectivity index (χ1v) is 17.8. The van der Waals surface area contributed by atoms with Crippen molar-refractivity contribution in [3.05, 3.63) is 64.3 Å². The number of aromatic hydroxyl groups is 1. The Bertz CT molecular complexity index is 2300. The van der Waals surface area contributed by atoms with E-state index in [0.29, 0.717) is 28.6 Å². The van der Waals surface area contributed by atoms with Crippen LogP contribution in [0.25, 0.3) is 21.8 Å². The molecule has 4 aromatic rings. The number of nitrogens with zero attached hydrogens (tertiary/aromatic N) is 4. The zero-order chi connectivity index (χ0) is 36.2. The van der Waals surface area contributed by atoms with Gasteiger partial charge in [0.1, 0.15) is 24.0 Å². The van der Waals surface area contributed by atoms with E-state index in [1.807, 2.05) is 18.2 Å². The molecule has 3 fully saturated rings. The van der Waals surface area contributed by atoms with Crippen LogP contribution in [0.3, 0.4) is 0 Å². The summed E-state index contributed by atoms with van der Waals surface area (Å²) in [6.45, 7) is 1.90. The highest BCUT2D eigenvalue weighted by atomic mass is 32.2. The molecular formula is C33H35FN8O8S. The van der Waals surface area contributed by atoms with Crippen molar-refractivity contribution >= 4 is 67.1 Å². The van der Waals surface area contributed by atoms with Gasteiger partial charge in [-0.15, -0.1) is 0 Å². The van der Waals surface area contributed by atoms with Crippen molar-refractivity contribution in [3.8, 4) is 5.75 Å². The van der Waals surface area contributed by atoms with Gasteiger partial charge >= 0.3 is 21.9 Å². The lowest BCUT2D eigenvalue weighted by Gasteiger charge is -2.32. The number of likely N-dealkylation sites (tertiary alicyclic amines) is 1. The number of urea groups is 1. The number of hydrogen-bond acceptors (Lipinski definition) is 9. The molecule has 3 aliphatic heterocycles. The molecule has 0 saturated carbocycles. The highest BCUT2D eigenvalue weighted by Gasteiger charge is 2.38. The van der Waals surface area contributed by atoms with Crippen molar-refractivity contribution in [2.75, 3.05) is 42.3 Å². The lowest BCUT2D eigenvalue weighted by molar-refractivity contribution is -0.135. The van der Waals surface area contributed by atoms with Crippen LogP contribution in [-0.2, 0) is 31.6 Å². The van der Waals surface area contributed by atoms with E-state index in [1.165, 1.54) is 27.3 Å². The van der Waals surface area contributed by atoms with Crippen LogP contribution in [0.1, 0.15) is 43.2 Å². The maximum atomic E-state index is 15.3. The standard InChI is InChI=1S/C33H35FN8O8S/c1-39-25-15-19(2-5-23(25)42(33(39)48)24-6-7-27(44)37-31(24)46)18-8-11-40(12-9-18)13-10-35-32(47)36-21-3-4-22-20(14-21)16-26(43)30(29(22)34)41-17-28(45)38-51(41,49)50/h2-5,14-16,18,24,43H,6-13,17H2,1H3,(H,38,45)(H2,35,36,47)(H,37,44,46). The fraction of sp³-hybridized carbons (Fsp3) is 0.364. The smallest absolute Gasteiger partial charge is 0.329 e. The fourth-order valence-electron chi connectivity index (χ4n) is 7.16. The van der Waals surface area contributed by atoms with Crippen molar-refractivity contribution < 1.29 is 37.1 Å². The molecule has 3 aliphatic rings. The third kappa shape index (κ3) is 6.35. The van der Waals surface area contributed by atoms with Gasteiger partial charge in [0.15, 0.2) is 5.82 Å². The first kappa shape index (κ1) is 34.0. The summed E-state index contributed by atoms with van der Waals surface area (Å²) in [5.41, 5.74) is 1.85. The zero-order valence-corrected chi connectivity index (χ0v) is 28.3. The number of piperidine rings is 2. The van der Waals surface area contributed by atoms with Crippen LogP contribution >= 0.6 is 0 Å². The van der Waals surface area contributed by atoms with E-state index >= 15 is 4.39 Å². The number of carbonyl (C=O) groups excluding carboxylic acids is 4. The van der Waals surface area contributed by atoms with E-state index in [-0.39, 0.29) is 41.1 Å². The summed E-state index contributed by atoms with van der Waals surface area (Å²) in [7, 11) is -2.66. The number of imide groups is 1. The number of amides is 5. The minimum absolute atomic E-state index is 0.0127. The SMILES string of the molecule is Cn1c(=O)n(C2CCC(=O)NC2=O)c2ccc(C3CCN(CCNC(=O)Nc4ccc5c(F)c(N6CC(=O)NS6(=O)=O)c(O)cc5c4)CC3)cc21. The molecule has 18 heteroatoms. The maximum Gasteiger partial charge on any atom is 0.329 e. The van der Waals surface area contributed by atoms with Gasteiger partial charge in [0, 0.05) is 37.6 Å². The number of fused-ring (bicyclic) bond motifs is 2. The number of nitrogens with one attached hydrogen (secondary N) is 4. The van der Waals surface area contributed by atoms with E-state index in [1.54, 1.807) is 11.8 Å². The number of aryl methyl sites for hydroxylation is 1. The van der Waals surface area contributed by atoms with Gasteiger partial charge in [-0.2, -0.15) is 8.42 Å². The molecular weight excluding hydrogens is 687 g/mol. The fourth-order valence-corrected chi connectivity index (χ4v) is 8.32. The molecule has 1 unspecified atom stereocenters. The molecule has 3 saturated heterocycles. The molecule has 7 rings (SSSR count). The number of phenols is 1. The molecule has 0 aliphatic carbocycles. The highest BCUT2D eigenvalue weighted by Crippen LogP contribution is 2.39. The first-order valence-electron chi connectivity index (χ1n) is 16.4. The predicted molar refractivity (Wildman–Crippen MR) is 184 cm³/mol. The number of halogens is 1. The Hall–Kier alpha value is -5.49. The van der Waals surface area contributed by atoms with Gasteiger partial charge in [0.25, 0.3) is 5.91 Å². The van der Waals surface area contributed by atoms with Gasteiger partial charge in [-0.05, 0) is 85.6 Å². The monoisotopic (exact) mass is 722 g/mol. The number of anilines is 2. The largest absolute Gasteiger partial charge is 0.506 e. The van der Waals surface area contributed by atoms with Gasteiger partial charge in [-0.3, -0.25) is 28.8 Å². The Morgan fingerprint density at radius 1 is 1.00 bits per heavy atom. The molecule has 5 N–H and O–H groups in total. The van der Waals surface area contributed by atoms with Gasteiger partial charge in [-0.25, -0.2) is 23.0 Å². The maximum absolute atomic E-state index is 15.3. The molecule has 4 heterocycles. The van der Waals surface area contributed by atoms with Crippen LogP contribution in [0.5, 0.6) is 5.75 Å². The second-order valence-corrected chi connectivity index (χ2v) is 14.5. The molecule has 0 spiro atoms. The van der Waals surface area contributed by atoms with Crippen LogP contribution in [-0.4, -0.2) is 84.0 Å². The average Bonchev–Trinajstić information content (AvgIpc) is 3.49. The minimum atomic E-state index is -4.34. The number of hydrogen-bond donors (Lipinski definition) is 5. The third-order valence-corrected chi connectivity index (χ3v) is 11.1. The number of benzene rings is 3. The topological polar surface area (TPSA) is 204 Å². The molecule has 51 heavy (non-hydrogen) atoms. The lowest BCUT2D eigenvalue weighted by Crippen LogP contribution is -2.44. The Kier molecular flexibility index (Phi) is 8.66. The summed E-state index contributed by atoms with van der Waals surface area (Å²) in [5, 5.41) is 18.5. The van der Waals surface area contributed by atoms with Crippen molar-refractivity contribution in [1.82, 2.24) is 29.4 Å². The minimum Gasteiger partial charge on any atom is -0.506 e. The second kappa shape index (κ2) is 13.0. The quantitative estimate of drug-likeness (QED) is 0.175.